The molecule has 0 saturated heterocycles. The van der Waals surface area contributed by atoms with E-state index < -0.39 is 22.0 Å². The first kappa shape index (κ1) is 22.9. The molecule has 0 aliphatic carbocycles. The quantitative estimate of drug-likeness (QED) is 0.571. The van der Waals surface area contributed by atoms with Gasteiger partial charge in [-0.05, 0) is 61.9 Å². The van der Waals surface area contributed by atoms with Crippen molar-refractivity contribution in [3.05, 3.63) is 76.8 Å². The molecule has 7 nitrogen and oxygen atoms in total. The fraction of sp³-hybridized carbons (Fsp3) is 0.208. The number of hydrogen-bond acceptors (Lipinski definition) is 5. The van der Waals surface area contributed by atoms with E-state index in [0.29, 0.717) is 27.9 Å². The third-order valence-corrected chi connectivity index (χ3v) is 7.39. The number of hydrogen-bond donors (Lipinski definition) is 1. The van der Waals surface area contributed by atoms with Gasteiger partial charge in [-0.15, -0.1) is 0 Å². The summed E-state index contributed by atoms with van der Waals surface area (Å²) in [5.74, 6) is 0.306. The SMILES string of the molecule is COc1ccc(NC(=O)C2CN(S(=O)(=O)c3ccc(C)cc3)c3ccc(C)cc3O2)cc1Cl. The van der Waals surface area contributed by atoms with Crippen LogP contribution in [0.2, 0.25) is 5.02 Å². The number of halogens is 1. The van der Waals surface area contributed by atoms with Crippen LogP contribution < -0.4 is 19.1 Å². The monoisotopic (exact) mass is 486 g/mol. The van der Waals surface area contributed by atoms with Gasteiger partial charge >= 0.3 is 0 Å². The number of amides is 1. The molecule has 1 aliphatic heterocycles. The fourth-order valence-electron chi connectivity index (χ4n) is 3.53. The molecule has 1 unspecified atom stereocenters. The number of nitrogens with one attached hydrogen (secondary N) is 1. The van der Waals surface area contributed by atoms with Crippen LogP contribution in [-0.2, 0) is 14.8 Å². The van der Waals surface area contributed by atoms with Crippen LogP contribution in [0.3, 0.4) is 0 Å². The lowest BCUT2D eigenvalue weighted by molar-refractivity contribution is -0.122. The Kier molecular flexibility index (Phi) is 6.23. The molecule has 0 bridgehead atoms. The van der Waals surface area contributed by atoms with Crippen molar-refractivity contribution >= 4 is 38.9 Å². The Morgan fingerprint density at radius 2 is 1.76 bits per heavy atom. The van der Waals surface area contributed by atoms with Gasteiger partial charge in [-0.3, -0.25) is 9.10 Å². The molecule has 0 aromatic heterocycles. The van der Waals surface area contributed by atoms with E-state index in [1.54, 1.807) is 60.7 Å². The highest BCUT2D eigenvalue weighted by molar-refractivity contribution is 7.92. The Labute approximate surface area is 197 Å². The van der Waals surface area contributed by atoms with Gasteiger partial charge in [-0.1, -0.05) is 35.4 Å². The van der Waals surface area contributed by atoms with Gasteiger partial charge in [0.2, 0.25) is 0 Å². The lowest BCUT2D eigenvalue weighted by Crippen LogP contribution is -2.48. The van der Waals surface area contributed by atoms with E-state index in [2.05, 4.69) is 5.32 Å². The zero-order valence-corrected chi connectivity index (χ0v) is 19.9. The maximum atomic E-state index is 13.5. The zero-order valence-electron chi connectivity index (χ0n) is 18.3. The van der Waals surface area contributed by atoms with Crippen molar-refractivity contribution in [3.8, 4) is 11.5 Å². The van der Waals surface area contributed by atoms with Crippen LogP contribution in [0.15, 0.2) is 65.6 Å². The maximum Gasteiger partial charge on any atom is 0.267 e. The van der Waals surface area contributed by atoms with Crippen LogP contribution in [-0.4, -0.2) is 34.1 Å². The zero-order chi connectivity index (χ0) is 23.8. The second-order valence-corrected chi connectivity index (χ2v) is 10.0. The number of benzene rings is 3. The van der Waals surface area contributed by atoms with Gasteiger partial charge in [0.1, 0.15) is 11.5 Å². The van der Waals surface area contributed by atoms with Crippen molar-refractivity contribution < 1.29 is 22.7 Å². The molecule has 1 aliphatic rings. The fourth-order valence-corrected chi connectivity index (χ4v) is 5.26. The number of sulfonamides is 1. The van der Waals surface area contributed by atoms with Crippen molar-refractivity contribution in [2.24, 2.45) is 0 Å². The molecule has 1 N–H and O–H groups in total. The van der Waals surface area contributed by atoms with E-state index >= 15 is 0 Å². The van der Waals surface area contributed by atoms with Gasteiger partial charge < -0.3 is 14.8 Å². The van der Waals surface area contributed by atoms with Gasteiger partial charge in [0.15, 0.2) is 6.10 Å². The van der Waals surface area contributed by atoms with Crippen molar-refractivity contribution in [1.82, 2.24) is 0 Å². The minimum atomic E-state index is -3.92. The van der Waals surface area contributed by atoms with Crippen LogP contribution in [0, 0.1) is 13.8 Å². The Morgan fingerprint density at radius 1 is 1.06 bits per heavy atom. The molecule has 3 aromatic carbocycles. The van der Waals surface area contributed by atoms with Crippen LogP contribution in [0.4, 0.5) is 11.4 Å². The van der Waals surface area contributed by atoms with Gasteiger partial charge in [0.05, 0.1) is 29.3 Å². The summed E-state index contributed by atoms with van der Waals surface area (Å²) in [6.07, 6.45) is -1.07. The van der Waals surface area contributed by atoms with E-state index in [1.807, 2.05) is 13.8 Å². The van der Waals surface area contributed by atoms with Crippen molar-refractivity contribution in [1.29, 1.82) is 0 Å². The molecule has 0 radical (unpaired) electrons. The lowest BCUT2D eigenvalue weighted by atomic mass is 10.1. The predicted molar refractivity (Wildman–Crippen MR) is 128 cm³/mol. The number of anilines is 2. The normalized spacial score (nSPS) is 15.4. The number of methoxy groups -OCH3 is 1. The highest BCUT2D eigenvalue weighted by atomic mass is 35.5. The summed E-state index contributed by atoms with van der Waals surface area (Å²) in [6.45, 7) is 3.57. The molecule has 0 saturated carbocycles. The van der Waals surface area contributed by atoms with Gasteiger partial charge in [-0.2, -0.15) is 0 Å². The lowest BCUT2D eigenvalue weighted by Gasteiger charge is -2.35. The van der Waals surface area contributed by atoms with Gasteiger partial charge in [-0.25, -0.2) is 8.42 Å². The summed E-state index contributed by atoms with van der Waals surface area (Å²) in [5.41, 5.74) is 2.65. The number of carbonyl (C=O) groups is 1. The first-order valence-electron chi connectivity index (χ1n) is 10.2. The minimum absolute atomic E-state index is 0.141. The molecule has 1 atom stereocenters. The smallest absolute Gasteiger partial charge is 0.267 e. The van der Waals surface area contributed by atoms with Crippen LogP contribution in [0.25, 0.3) is 0 Å². The second kappa shape index (κ2) is 8.96. The van der Waals surface area contributed by atoms with Crippen LogP contribution >= 0.6 is 11.6 Å². The molecular formula is C24H23ClN2O5S. The Bertz CT molecular complexity index is 1310. The van der Waals surface area contributed by atoms with Crippen molar-refractivity contribution in [3.63, 3.8) is 0 Å². The molecular weight excluding hydrogens is 464 g/mol. The largest absolute Gasteiger partial charge is 0.495 e. The number of carbonyl (C=O) groups excluding carboxylic acids is 1. The average molecular weight is 487 g/mol. The third-order valence-electron chi connectivity index (χ3n) is 5.31. The summed E-state index contributed by atoms with van der Waals surface area (Å²) in [5, 5.41) is 3.08. The molecule has 9 heteroatoms. The highest BCUT2D eigenvalue weighted by Gasteiger charge is 2.37. The second-order valence-electron chi connectivity index (χ2n) is 7.77. The molecule has 3 aromatic rings. The highest BCUT2D eigenvalue weighted by Crippen LogP contribution is 2.38. The molecule has 1 amide bonds. The third kappa shape index (κ3) is 4.62. The van der Waals surface area contributed by atoms with Crippen molar-refractivity contribution in [2.75, 3.05) is 23.3 Å². The van der Waals surface area contributed by atoms with E-state index in [9.17, 15) is 13.2 Å². The van der Waals surface area contributed by atoms with E-state index in [0.717, 1.165) is 11.1 Å². The Morgan fingerprint density at radius 3 is 2.42 bits per heavy atom. The van der Waals surface area contributed by atoms with Crippen LogP contribution in [0.5, 0.6) is 11.5 Å². The predicted octanol–water partition coefficient (Wildman–Crippen LogP) is 4.56. The summed E-state index contributed by atoms with van der Waals surface area (Å²) < 4.78 is 39.3. The number of aryl methyl sites for hydroxylation is 2. The van der Waals surface area contributed by atoms with Crippen LogP contribution in [0.1, 0.15) is 11.1 Å². The standard InChI is InChI=1S/C24H23ClN2O5S/c1-15-4-8-18(9-5-15)33(29,30)27-14-23(32-22-12-16(2)6-10-20(22)27)24(28)26-17-7-11-21(31-3)19(25)13-17/h4-13,23H,14H2,1-3H3,(H,26,28). The van der Waals surface area contributed by atoms with Gasteiger partial charge in [0, 0.05) is 5.69 Å². The number of rotatable bonds is 5. The summed E-state index contributed by atoms with van der Waals surface area (Å²) in [4.78, 5) is 13.2. The van der Waals surface area contributed by atoms with E-state index in [1.165, 1.54) is 11.4 Å². The van der Waals surface area contributed by atoms with Crippen molar-refractivity contribution in [2.45, 2.75) is 24.8 Å². The molecule has 0 spiro atoms. The number of ether oxygens (including phenoxy) is 2. The Balaban J connectivity index is 1.67. The Hall–Kier alpha value is -3.23. The number of nitrogens with zero attached hydrogens (tertiary/aromatic N) is 1. The first-order valence-corrected chi connectivity index (χ1v) is 12.0. The molecule has 1 heterocycles. The van der Waals surface area contributed by atoms with E-state index in [4.69, 9.17) is 21.1 Å². The molecule has 33 heavy (non-hydrogen) atoms. The molecule has 0 fully saturated rings. The summed E-state index contributed by atoms with van der Waals surface area (Å²) in [7, 11) is -2.43. The van der Waals surface area contributed by atoms with Gasteiger partial charge in [0.25, 0.3) is 15.9 Å². The summed E-state index contributed by atoms with van der Waals surface area (Å²) >= 11 is 6.15. The molecule has 172 valence electrons. The average Bonchev–Trinajstić information content (AvgIpc) is 2.78. The topological polar surface area (TPSA) is 84.9 Å². The van der Waals surface area contributed by atoms with E-state index in [-0.39, 0.29) is 11.4 Å². The summed E-state index contributed by atoms with van der Waals surface area (Å²) in [6, 6.07) is 16.6. The number of fused-ring (bicyclic) bond motifs is 1. The first-order chi connectivity index (χ1) is 15.7. The minimum Gasteiger partial charge on any atom is -0.495 e. The maximum absolute atomic E-state index is 13.5. The molecule has 4 rings (SSSR count).